The van der Waals surface area contributed by atoms with Gasteiger partial charge in [0, 0.05) is 19.3 Å². The number of nitrogen functional groups attached to an aromatic ring is 1. The van der Waals surface area contributed by atoms with E-state index in [2.05, 4.69) is 15.3 Å². The number of amides is 1. The number of rotatable bonds is 4. The summed E-state index contributed by atoms with van der Waals surface area (Å²) in [5.41, 5.74) is 8.43. The highest BCUT2D eigenvalue weighted by molar-refractivity contribution is 5.94. The van der Waals surface area contributed by atoms with Crippen molar-refractivity contribution in [2.75, 3.05) is 19.5 Å². The number of carbonyl (C=O) groups excluding carboxylic acids is 1. The highest BCUT2D eigenvalue weighted by atomic mass is 16.5. The Morgan fingerprint density at radius 2 is 2.18 bits per heavy atom. The van der Waals surface area contributed by atoms with Crippen molar-refractivity contribution in [3.8, 4) is 0 Å². The molecule has 0 aliphatic heterocycles. The highest BCUT2D eigenvalue weighted by Gasteiger charge is 2.15. The third-order valence-corrected chi connectivity index (χ3v) is 3.34. The van der Waals surface area contributed by atoms with Crippen LogP contribution in [-0.2, 0) is 4.74 Å². The van der Waals surface area contributed by atoms with E-state index in [-0.39, 0.29) is 23.5 Å². The van der Waals surface area contributed by atoms with Crippen LogP contribution in [0.5, 0.6) is 0 Å². The van der Waals surface area contributed by atoms with Crippen molar-refractivity contribution in [2.45, 2.75) is 13.0 Å². The Morgan fingerprint density at radius 3 is 2.95 bits per heavy atom. The van der Waals surface area contributed by atoms with E-state index in [0.29, 0.717) is 12.3 Å². The molecule has 0 spiro atoms. The van der Waals surface area contributed by atoms with Crippen LogP contribution in [0, 0.1) is 0 Å². The molecule has 3 rings (SSSR count). The van der Waals surface area contributed by atoms with Gasteiger partial charge < -0.3 is 15.8 Å². The zero-order chi connectivity index (χ0) is 15.7. The van der Waals surface area contributed by atoms with Gasteiger partial charge in [-0.1, -0.05) is 12.1 Å². The molecule has 2 aromatic heterocycles. The molecule has 22 heavy (non-hydrogen) atoms. The first-order valence-electron chi connectivity index (χ1n) is 6.93. The molecule has 1 aromatic carbocycles. The smallest absolute Gasteiger partial charge is 0.271 e. The minimum atomic E-state index is -0.295. The molecule has 0 aliphatic rings. The molecule has 2 heterocycles. The van der Waals surface area contributed by atoms with Gasteiger partial charge in [-0.3, -0.25) is 9.20 Å². The number of nitrogens with two attached hydrogens (primary N) is 1. The standard InChI is InChI=1S/C15H17N5O2/c1-9(8-22-2)17-15(21)11-7-20-12-6-4-3-5-10(12)19-14(20)13(16)18-11/h3-7,9H,8H2,1-2H3,(H2,16,18)(H,17,21). The SMILES string of the molecule is COCC(C)NC(=O)c1cn2c(nc3ccccc32)c(N)n1. The van der Waals surface area contributed by atoms with E-state index in [9.17, 15) is 4.79 Å². The van der Waals surface area contributed by atoms with Crippen LogP contribution >= 0.6 is 0 Å². The average molecular weight is 299 g/mol. The summed E-state index contributed by atoms with van der Waals surface area (Å²) in [6.07, 6.45) is 1.65. The molecule has 1 unspecified atom stereocenters. The quantitative estimate of drug-likeness (QED) is 0.755. The molecule has 3 N–H and O–H groups in total. The molecule has 0 fully saturated rings. The number of nitrogens with one attached hydrogen (secondary N) is 1. The van der Waals surface area contributed by atoms with Crippen LogP contribution < -0.4 is 11.1 Å². The maximum atomic E-state index is 12.3. The van der Waals surface area contributed by atoms with E-state index in [4.69, 9.17) is 10.5 Å². The number of hydrogen-bond donors (Lipinski definition) is 2. The fraction of sp³-hybridized carbons (Fsp3) is 0.267. The highest BCUT2D eigenvalue weighted by Crippen LogP contribution is 2.19. The van der Waals surface area contributed by atoms with Gasteiger partial charge in [-0.05, 0) is 19.1 Å². The second-order valence-electron chi connectivity index (χ2n) is 5.14. The van der Waals surface area contributed by atoms with Gasteiger partial charge in [-0.15, -0.1) is 0 Å². The van der Waals surface area contributed by atoms with Crippen LogP contribution in [0.15, 0.2) is 30.5 Å². The van der Waals surface area contributed by atoms with Crippen molar-refractivity contribution in [2.24, 2.45) is 0 Å². The Bertz CT molecular complexity index is 842. The topological polar surface area (TPSA) is 94.5 Å². The maximum Gasteiger partial charge on any atom is 0.271 e. The third kappa shape index (κ3) is 2.46. The summed E-state index contributed by atoms with van der Waals surface area (Å²) in [4.78, 5) is 20.8. The van der Waals surface area contributed by atoms with E-state index in [0.717, 1.165) is 11.0 Å². The summed E-state index contributed by atoms with van der Waals surface area (Å²) in [5.74, 6) is -0.0702. The van der Waals surface area contributed by atoms with Crippen molar-refractivity contribution in [3.63, 3.8) is 0 Å². The number of imidazole rings is 1. The van der Waals surface area contributed by atoms with E-state index < -0.39 is 0 Å². The van der Waals surface area contributed by atoms with E-state index in [1.54, 1.807) is 17.7 Å². The lowest BCUT2D eigenvalue weighted by atomic mass is 10.3. The summed E-state index contributed by atoms with van der Waals surface area (Å²) in [7, 11) is 1.59. The van der Waals surface area contributed by atoms with Gasteiger partial charge in [0.25, 0.3) is 5.91 Å². The van der Waals surface area contributed by atoms with Crippen LogP contribution in [-0.4, -0.2) is 40.0 Å². The summed E-state index contributed by atoms with van der Waals surface area (Å²) in [5, 5.41) is 2.81. The Hall–Kier alpha value is -2.67. The zero-order valence-electron chi connectivity index (χ0n) is 12.4. The van der Waals surface area contributed by atoms with Crippen LogP contribution in [0.3, 0.4) is 0 Å². The molecular weight excluding hydrogens is 282 g/mol. The van der Waals surface area contributed by atoms with Gasteiger partial charge in [0.1, 0.15) is 5.69 Å². The lowest BCUT2D eigenvalue weighted by molar-refractivity contribution is 0.0900. The lowest BCUT2D eigenvalue weighted by Crippen LogP contribution is -2.36. The second kappa shape index (κ2) is 5.61. The zero-order valence-corrected chi connectivity index (χ0v) is 12.4. The summed E-state index contributed by atoms with van der Waals surface area (Å²) < 4.78 is 6.79. The summed E-state index contributed by atoms with van der Waals surface area (Å²) in [6, 6.07) is 7.51. The Kier molecular flexibility index (Phi) is 3.64. The summed E-state index contributed by atoms with van der Waals surface area (Å²) in [6.45, 7) is 2.29. The number of methoxy groups -OCH3 is 1. The van der Waals surface area contributed by atoms with Crippen LogP contribution in [0.4, 0.5) is 5.82 Å². The van der Waals surface area contributed by atoms with Gasteiger partial charge in [0.15, 0.2) is 11.5 Å². The Balaban J connectivity index is 2.04. The number of hydrogen-bond acceptors (Lipinski definition) is 5. The number of fused-ring (bicyclic) bond motifs is 3. The predicted molar refractivity (Wildman–Crippen MR) is 83.7 cm³/mol. The van der Waals surface area contributed by atoms with Gasteiger partial charge in [0.05, 0.1) is 17.6 Å². The molecule has 3 aromatic rings. The average Bonchev–Trinajstić information content (AvgIpc) is 2.87. The third-order valence-electron chi connectivity index (χ3n) is 3.34. The predicted octanol–water partition coefficient (Wildman–Crippen LogP) is 1.23. The van der Waals surface area contributed by atoms with Crippen molar-refractivity contribution in [3.05, 3.63) is 36.2 Å². The van der Waals surface area contributed by atoms with Crippen molar-refractivity contribution in [1.82, 2.24) is 19.7 Å². The normalized spacial score (nSPS) is 12.6. The number of aromatic nitrogens is 3. The minimum Gasteiger partial charge on any atom is -0.383 e. The van der Waals surface area contributed by atoms with Gasteiger partial charge >= 0.3 is 0 Å². The van der Waals surface area contributed by atoms with Crippen LogP contribution in [0.2, 0.25) is 0 Å². The van der Waals surface area contributed by atoms with Crippen LogP contribution in [0.1, 0.15) is 17.4 Å². The van der Waals surface area contributed by atoms with E-state index in [1.165, 1.54) is 0 Å². The first kappa shape index (κ1) is 14.3. The number of benzene rings is 1. The second-order valence-corrected chi connectivity index (χ2v) is 5.14. The number of para-hydroxylation sites is 2. The molecular formula is C15H17N5O2. The van der Waals surface area contributed by atoms with Crippen molar-refractivity contribution < 1.29 is 9.53 Å². The largest absolute Gasteiger partial charge is 0.383 e. The Morgan fingerprint density at radius 1 is 1.41 bits per heavy atom. The lowest BCUT2D eigenvalue weighted by Gasteiger charge is -2.12. The number of carbonyl (C=O) groups is 1. The first-order chi connectivity index (χ1) is 10.6. The van der Waals surface area contributed by atoms with E-state index in [1.807, 2.05) is 31.2 Å². The number of ether oxygens (including phenoxy) is 1. The number of nitrogens with zero attached hydrogens (tertiary/aromatic N) is 3. The minimum absolute atomic E-state index is 0.115. The first-order valence-corrected chi connectivity index (χ1v) is 6.93. The van der Waals surface area contributed by atoms with Gasteiger partial charge in [-0.25, -0.2) is 9.97 Å². The molecule has 1 amide bonds. The van der Waals surface area contributed by atoms with E-state index >= 15 is 0 Å². The molecule has 7 heteroatoms. The molecule has 1 atom stereocenters. The van der Waals surface area contributed by atoms with Crippen molar-refractivity contribution >= 4 is 28.4 Å². The molecule has 0 saturated heterocycles. The van der Waals surface area contributed by atoms with Crippen LogP contribution in [0.25, 0.3) is 16.7 Å². The molecule has 0 radical (unpaired) electrons. The van der Waals surface area contributed by atoms with Gasteiger partial charge in [0.2, 0.25) is 0 Å². The number of anilines is 1. The monoisotopic (exact) mass is 299 g/mol. The molecule has 0 bridgehead atoms. The maximum absolute atomic E-state index is 12.3. The molecule has 114 valence electrons. The molecule has 0 aliphatic carbocycles. The molecule has 7 nitrogen and oxygen atoms in total. The molecule has 0 saturated carbocycles. The summed E-state index contributed by atoms with van der Waals surface area (Å²) >= 11 is 0. The fourth-order valence-corrected chi connectivity index (χ4v) is 2.39. The Labute approximate surface area is 127 Å². The van der Waals surface area contributed by atoms with Crippen molar-refractivity contribution in [1.29, 1.82) is 0 Å². The fourth-order valence-electron chi connectivity index (χ4n) is 2.39. The van der Waals surface area contributed by atoms with Gasteiger partial charge in [-0.2, -0.15) is 0 Å².